The summed E-state index contributed by atoms with van der Waals surface area (Å²) < 4.78 is 70.8. The van der Waals surface area contributed by atoms with E-state index in [1.54, 1.807) is 4.31 Å². The summed E-state index contributed by atoms with van der Waals surface area (Å²) >= 11 is 0. The molecule has 2 aliphatic heterocycles. The third kappa shape index (κ3) is 16.2. The minimum absolute atomic E-state index is 0.0810. The van der Waals surface area contributed by atoms with Crippen LogP contribution < -0.4 is 0 Å². The number of sulfonamides is 2. The van der Waals surface area contributed by atoms with Gasteiger partial charge in [-0.25, -0.2) is 21.1 Å². The average molecular weight is 655 g/mol. The molecule has 0 aromatic rings. The molecule has 5 aliphatic rings. The van der Waals surface area contributed by atoms with Gasteiger partial charge in [-0.3, -0.25) is 0 Å². The molecule has 3 aliphatic carbocycles. The van der Waals surface area contributed by atoms with Gasteiger partial charge in [0.05, 0.1) is 60.3 Å². The first-order valence-corrected chi connectivity index (χ1v) is 19.9. The Balaban J connectivity index is 0.000000209. The lowest BCUT2D eigenvalue weighted by Crippen LogP contribution is -2.56. The zero-order valence-electron chi connectivity index (χ0n) is 28.4. The van der Waals surface area contributed by atoms with Crippen LogP contribution in [0.3, 0.4) is 0 Å². The lowest BCUT2D eigenvalue weighted by Gasteiger charge is -2.38. The van der Waals surface area contributed by atoms with Crippen molar-refractivity contribution in [3.63, 3.8) is 0 Å². The number of rotatable bonds is 11. The van der Waals surface area contributed by atoms with Gasteiger partial charge in [0.15, 0.2) is 0 Å². The summed E-state index contributed by atoms with van der Waals surface area (Å²) in [6, 6.07) is 0. The zero-order chi connectivity index (χ0) is 32.4. The van der Waals surface area contributed by atoms with Crippen LogP contribution in [0.15, 0.2) is 0 Å². The summed E-state index contributed by atoms with van der Waals surface area (Å²) in [4.78, 5) is 0. The third-order valence-electron chi connectivity index (χ3n) is 7.43. The van der Waals surface area contributed by atoms with Gasteiger partial charge in [-0.15, -0.1) is 0 Å². The molecule has 0 aromatic heterocycles. The second kappa shape index (κ2) is 18.1. The normalized spacial score (nSPS) is 22.7. The fourth-order valence-corrected chi connectivity index (χ4v) is 7.60. The Labute approximate surface area is 263 Å². The van der Waals surface area contributed by atoms with Crippen LogP contribution in [0, 0.1) is 0 Å². The van der Waals surface area contributed by atoms with Crippen molar-refractivity contribution in [1.82, 2.24) is 8.61 Å². The Hall–Kier alpha value is -0.340. The van der Waals surface area contributed by atoms with E-state index in [9.17, 15) is 16.8 Å². The summed E-state index contributed by atoms with van der Waals surface area (Å²) in [5, 5.41) is -0.0810. The predicted octanol–water partition coefficient (Wildman–Crippen LogP) is 4.96. The lowest BCUT2D eigenvalue weighted by molar-refractivity contribution is -0.0520. The second-order valence-electron chi connectivity index (χ2n) is 13.5. The monoisotopic (exact) mass is 654 g/mol. The third-order valence-corrected chi connectivity index (χ3v) is 11.1. The van der Waals surface area contributed by atoms with Crippen molar-refractivity contribution in [2.45, 2.75) is 167 Å². The van der Waals surface area contributed by atoms with E-state index in [1.165, 1.54) is 42.7 Å². The van der Waals surface area contributed by atoms with Crippen LogP contribution in [0.4, 0.5) is 0 Å². The van der Waals surface area contributed by atoms with Gasteiger partial charge in [-0.1, -0.05) is 0 Å². The lowest BCUT2D eigenvalue weighted by atomic mass is 9.96. The summed E-state index contributed by atoms with van der Waals surface area (Å²) in [5.41, 5.74) is 0. The molecule has 0 amide bonds. The molecule has 0 unspecified atom stereocenters. The number of ether oxygens (including phenoxy) is 4. The van der Waals surface area contributed by atoms with Gasteiger partial charge in [-0.2, -0.15) is 4.31 Å². The molecular weight excluding hydrogens is 592 g/mol. The topological polar surface area (TPSA) is 112 Å². The van der Waals surface area contributed by atoms with Crippen molar-refractivity contribution in [1.29, 1.82) is 0 Å². The van der Waals surface area contributed by atoms with Crippen molar-refractivity contribution < 1.29 is 35.8 Å². The maximum Gasteiger partial charge on any atom is 0.217 e. The fraction of sp³-hybridized carbons (Fsp3) is 1.00. The van der Waals surface area contributed by atoms with E-state index >= 15 is 0 Å². The van der Waals surface area contributed by atoms with E-state index in [0.29, 0.717) is 50.6 Å². The van der Waals surface area contributed by atoms with E-state index in [4.69, 9.17) is 18.9 Å². The first-order valence-electron chi connectivity index (χ1n) is 16.5. The Bertz CT molecular complexity index is 977. The molecule has 5 rings (SSSR count). The summed E-state index contributed by atoms with van der Waals surface area (Å²) in [6.45, 7) is 18.6. The molecule has 0 radical (unpaired) electrons. The SMILES string of the molecule is CC(C)OC1CC1.CC(C)OC1CCC1.CC(C)OC1CCN(S(C)(=O)=O)CC1.CC(C)OC1CN(S(=O)(=O)C2CC2)C1. The average Bonchev–Trinajstić information content (AvgIpc) is 3.73. The molecule has 10 nitrogen and oxygen atoms in total. The van der Waals surface area contributed by atoms with E-state index in [2.05, 4.69) is 27.7 Å². The molecule has 0 bridgehead atoms. The highest BCUT2D eigenvalue weighted by Crippen LogP contribution is 2.33. The first kappa shape index (κ1) is 38.8. The standard InChI is InChI=1S/C9H17NO3S.C9H19NO3S.C7H14O.C6H12O/c1-7(2)13-8-5-10(6-8)14(11,12)9-3-4-9;1-8(2)13-9-4-6-10(7-5-9)14(3,11)12;1-6(2)8-7-4-3-5-7;1-5(2)7-6-3-4-6/h7-9H,3-6H2,1-2H3;8-9H,4-7H2,1-3H3;6-7H,3-5H2,1-2H3;5-6H,3-4H2,1-2H3. The van der Waals surface area contributed by atoms with Gasteiger partial charge in [-0.05, 0) is 113 Å². The quantitative estimate of drug-likeness (QED) is 0.308. The highest BCUT2D eigenvalue weighted by Gasteiger charge is 2.45. The number of hydrogen-bond acceptors (Lipinski definition) is 8. The van der Waals surface area contributed by atoms with Crippen molar-refractivity contribution in [2.24, 2.45) is 0 Å². The number of nitrogens with zero attached hydrogens (tertiary/aromatic N) is 2. The molecule has 5 fully saturated rings. The Kier molecular flexibility index (Phi) is 16.4. The van der Waals surface area contributed by atoms with Gasteiger partial charge in [0.1, 0.15) is 0 Å². The van der Waals surface area contributed by atoms with Crippen molar-refractivity contribution in [3.05, 3.63) is 0 Å². The van der Waals surface area contributed by atoms with Crippen LogP contribution in [0.25, 0.3) is 0 Å². The minimum atomic E-state index is -3.00. The second-order valence-corrected chi connectivity index (χ2v) is 17.7. The maximum absolute atomic E-state index is 11.7. The van der Waals surface area contributed by atoms with Crippen molar-refractivity contribution >= 4 is 20.0 Å². The molecule has 12 heteroatoms. The Morgan fingerprint density at radius 2 is 0.884 bits per heavy atom. The fourth-order valence-electron chi connectivity index (χ4n) is 4.82. The van der Waals surface area contributed by atoms with Crippen LogP contribution in [-0.2, 0) is 39.0 Å². The zero-order valence-corrected chi connectivity index (χ0v) is 30.0. The first-order chi connectivity index (χ1) is 20.0. The molecule has 43 heavy (non-hydrogen) atoms. The summed E-state index contributed by atoms with van der Waals surface area (Å²) in [7, 11) is -5.94. The van der Waals surface area contributed by atoms with Gasteiger partial charge < -0.3 is 18.9 Å². The number of hydrogen-bond donors (Lipinski definition) is 0. The molecule has 0 aromatic carbocycles. The molecule has 0 spiro atoms. The number of piperidine rings is 1. The van der Waals surface area contributed by atoms with E-state index in [-0.39, 0.29) is 29.7 Å². The maximum atomic E-state index is 11.7. The van der Waals surface area contributed by atoms with Gasteiger partial charge in [0.25, 0.3) is 0 Å². The van der Waals surface area contributed by atoms with Gasteiger partial charge in [0, 0.05) is 26.2 Å². The van der Waals surface area contributed by atoms with Crippen molar-refractivity contribution in [3.8, 4) is 0 Å². The van der Waals surface area contributed by atoms with Crippen LogP contribution >= 0.6 is 0 Å². The molecule has 256 valence electrons. The van der Waals surface area contributed by atoms with Crippen LogP contribution in [0.5, 0.6) is 0 Å². The van der Waals surface area contributed by atoms with E-state index < -0.39 is 20.0 Å². The van der Waals surface area contributed by atoms with E-state index in [1.807, 2.05) is 27.7 Å². The smallest absolute Gasteiger partial charge is 0.217 e. The summed E-state index contributed by atoms with van der Waals surface area (Å²) in [5.74, 6) is 0. The van der Waals surface area contributed by atoms with Crippen LogP contribution in [0.2, 0.25) is 0 Å². The Morgan fingerprint density at radius 1 is 0.512 bits per heavy atom. The molecular formula is C31H62N2O8S2. The molecule has 0 atom stereocenters. The molecule has 2 saturated heterocycles. The molecule has 3 saturated carbocycles. The van der Waals surface area contributed by atoms with Gasteiger partial charge in [0.2, 0.25) is 20.0 Å². The van der Waals surface area contributed by atoms with Crippen LogP contribution in [-0.4, -0.2) is 112 Å². The highest BCUT2D eigenvalue weighted by atomic mass is 32.2. The van der Waals surface area contributed by atoms with Crippen molar-refractivity contribution in [2.75, 3.05) is 32.4 Å². The van der Waals surface area contributed by atoms with Gasteiger partial charge >= 0.3 is 0 Å². The highest BCUT2D eigenvalue weighted by molar-refractivity contribution is 7.90. The van der Waals surface area contributed by atoms with Crippen LogP contribution in [0.1, 0.15) is 113 Å². The van der Waals surface area contributed by atoms with E-state index in [0.717, 1.165) is 25.7 Å². The summed E-state index contributed by atoms with van der Waals surface area (Å²) in [6.07, 6.45) is 14.0. The molecule has 0 N–H and O–H groups in total. The predicted molar refractivity (Wildman–Crippen MR) is 172 cm³/mol. The molecule has 2 heterocycles. The minimum Gasteiger partial charge on any atom is -0.376 e. The largest absolute Gasteiger partial charge is 0.376 e. The Morgan fingerprint density at radius 3 is 1.19 bits per heavy atom.